The molecule has 1 aliphatic rings. The lowest BCUT2D eigenvalue weighted by molar-refractivity contribution is 0.0836. The van der Waals surface area contributed by atoms with Crippen LogP contribution in [0.3, 0.4) is 0 Å². The molecule has 4 heteroatoms. The molecule has 2 aromatic rings. The first-order valence-corrected chi connectivity index (χ1v) is 6.16. The van der Waals surface area contributed by atoms with Gasteiger partial charge in [-0.3, -0.25) is 4.79 Å². The van der Waals surface area contributed by atoms with Crippen molar-refractivity contribution in [3.8, 4) is 0 Å². The van der Waals surface area contributed by atoms with Gasteiger partial charge in [-0.1, -0.05) is 0 Å². The first-order chi connectivity index (χ1) is 8.86. The van der Waals surface area contributed by atoms with Crippen LogP contribution in [0.4, 0.5) is 0 Å². The number of benzene rings is 1. The van der Waals surface area contributed by atoms with E-state index in [1.165, 1.54) is 0 Å². The average molecular weight is 242 g/mol. The molecule has 2 heterocycles. The van der Waals surface area contributed by atoms with Crippen LogP contribution in [0.25, 0.3) is 10.9 Å². The highest BCUT2D eigenvalue weighted by Gasteiger charge is 2.18. The summed E-state index contributed by atoms with van der Waals surface area (Å²) in [5.74, 6) is 1.29. The monoisotopic (exact) mass is 242 g/mol. The highest BCUT2D eigenvalue weighted by Crippen LogP contribution is 2.25. The number of aldehydes is 1. The Labute approximate surface area is 105 Å². The fraction of sp³-hybridized carbons (Fsp3) is 0.357. The molecule has 0 spiro atoms. The molecular weight excluding hydrogens is 228 g/mol. The van der Waals surface area contributed by atoms with Crippen LogP contribution in [0.5, 0.6) is 0 Å². The molecule has 4 nitrogen and oxygen atoms in total. The predicted octanol–water partition coefficient (Wildman–Crippen LogP) is 2.34. The van der Waals surface area contributed by atoms with Crippen LogP contribution in [0, 0.1) is 0 Å². The summed E-state index contributed by atoms with van der Waals surface area (Å²) in [6, 6.07) is 5.48. The molecule has 1 saturated heterocycles. The Morgan fingerprint density at radius 1 is 1.28 bits per heavy atom. The molecule has 0 bridgehead atoms. The van der Waals surface area contributed by atoms with Gasteiger partial charge < -0.3 is 4.74 Å². The van der Waals surface area contributed by atoms with Gasteiger partial charge in [0.05, 0.1) is 5.52 Å². The minimum absolute atomic E-state index is 0.397. The van der Waals surface area contributed by atoms with E-state index in [0.717, 1.165) is 49.1 Å². The van der Waals surface area contributed by atoms with Gasteiger partial charge in [0, 0.05) is 36.3 Å². The second-order valence-corrected chi connectivity index (χ2v) is 4.55. The van der Waals surface area contributed by atoms with E-state index in [2.05, 4.69) is 9.97 Å². The fourth-order valence-corrected chi connectivity index (χ4v) is 2.29. The Morgan fingerprint density at radius 3 is 2.89 bits per heavy atom. The van der Waals surface area contributed by atoms with E-state index < -0.39 is 0 Å². The van der Waals surface area contributed by atoms with Gasteiger partial charge in [-0.2, -0.15) is 0 Å². The van der Waals surface area contributed by atoms with Crippen molar-refractivity contribution >= 4 is 17.2 Å². The third-order valence-corrected chi connectivity index (χ3v) is 3.35. The Kier molecular flexibility index (Phi) is 3.02. The summed E-state index contributed by atoms with van der Waals surface area (Å²) >= 11 is 0. The second kappa shape index (κ2) is 4.82. The molecule has 1 aromatic carbocycles. The molecule has 0 saturated carbocycles. The third-order valence-electron chi connectivity index (χ3n) is 3.35. The van der Waals surface area contributed by atoms with E-state index in [1.807, 2.05) is 12.1 Å². The summed E-state index contributed by atoms with van der Waals surface area (Å²) in [4.78, 5) is 19.7. The number of aromatic nitrogens is 2. The van der Waals surface area contributed by atoms with Crippen molar-refractivity contribution in [3.63, 3.8) is 0 Å². The van der Waals surface area contributed by atoms with Crippen LogP contribution in [-0.4, -0.2) is 29.5 Å². The average Bonchev–Trinajstić information content (AvgIpc) is 2.47. The molecular formula is C14H14N2O2. The zero-order chi connectivity index (χ0) is 12.4. The van der Waals surface area contributed by atoms with Gasteiger partial charge in [-0.25, -0.2) is 9.97 Å². The maximum atomic E-state index is 10.7. The van der Waals surface area contributed by atoms with Crippen molar-refractivity contribution in [1.82, 2.24) is 9.97 Å². The molecule has 0 unspecified atom stereocenters. The Balaban J connectivity index is 1.97. The van der Waals surface area contributed by atoms with Crippen molar-refractivity contribution < 1.29 is 9.53 Å². The van der Waals surface area contributed by atoms with E-state index in [1.54, 1.807) is 12.3 Å². The Morgan fingerprint density at radius 2 is 2.11 bits per heavy atom. The lowest BCUT2D eigenvalue weighted by Gasteiger charge is -2.20. The normalized spacial score (nSPS) is 16.9. The molecule has 92 valence electrons. The molecule has 0 atom stereocenters. The van der Waals surface area contributed by atoms with Crippen molar-refractivity contribution in [2.24, 2.45) is 0 Å². The van der Waals surface area contributed by atoms with E-state index in [4.69, 9.17) is 4.74 Å². The van der Waals surface area contributed by atoms with E-state index in [9.17, 15) is 4.79 Å². The predicted molar refractivity (Wildman–Crippen MR) is 67.7 cm³/mol. The van der Waals surface area contributed by atoms with Crippen molar-refractivity contribution in [3.05, 3.63) is 35.8 Å². The number of hydrogen-bond acceptors (Lipinski definition) is 4. The smallest absolute Gasteiger partial charge is 0.150 e. The number of carbonyl (C=O) groups excluding carboxylic acids is 1. The van der Waals surface area contributed by atoms with Crippen LogP contribution in [0.1, 0.15) is 34.9 Å². The summed E-state index contributed by atoms with van der Waals surface area (Å²) < 4.78 is 5.34. The highest BCUT2D eigenvalue weighted by molar-refractivity contribution is 5.86. The number of hydrogen-bond donors (Lipinski definition) is 0. The third kappa shape index (κ3) is 2.11. The molecule has 0 amide bonds. The lowest BCUT2D eigenvalue weighted by Crippen LogP contribution is -2.16. The van der Waals surface area contributed by atoms with E-state index in [0.29, 0.717) is 11.5 Å². The number of rotatable bonds is 2. The molecule has 18 heavy (non-hydrogen) atoms. The van der Waals surface area contributed by atoms with Crippen molar-refractivity contribution in [1.29, 1.82) is 0 Å². The van der Waals surface area contributed by atoms with Crippen LogP contribution in [0.15, 0.2) is 24.4 Å². The highest BCUT2D eigenvalue weighted by atomic mass is 16.5. The lowest BCUT2D eigenvalue weighted by atomic mass is 9.99. The van der Waals surface area contributed by atoms with Crippen LogP contribution in [0.2, 0.25) is 0 Å². The fourth-order valence-electron chi connectivity index (χ4n) is 2.29. The summed E-state index contributed by atoms with van der Waals surface area (Å²) in [5.41, 5.74) is 1.56. The van der Waals surface area contributed by atoms with Gasteiger partial charge >= 0.3 is 0 Å². The molecule has 0 N–H and O–H groups in total. The number of fused-ring (bicyclic) bond motifs is 1. The Bertz CT molecular complexity index is 577. The quantitative estimate of drug-likeness (QED) is 0.758. The SMILES string of the molecule is O=Cc1ccc2nc(C3CCOCC3)ncc2c1. The van der Waals surface area contributed by atoms with Crippen LogP contribution >= 0.6 is 0 Å². The summed E-state index contributed by atoms with van der Waals surface area (Å²) in [6.07, 6.45) is 4.61. The summed E-state index contributed by atoms with van der Waals surface area (Å²) in [5, 5.41) is 0.912. The largest absolute Gasteiger partial charge is 0.381 e. The Hall–Kier alpha value is -1.81. The first-order valence-electron chi connectivity index (χ1n) is 6.16. The number of ether oxygens (including phenoxy) is 1. The maximum Gasteiger partial charge on any atom is 0.150 e. The van der Waals surface area contributed by atoms with Gasteiger partial charge in [0.1, 0.15) is 12.1 Å². The standard InChI is InChI=1S/C14H14N2O2/c17-9-10-1-2-13-12(7-10)8-15-14(16-13)11-3-5-18-6-4-11/h1-2,7-9,11H,3-6H2. The topological polar surface area (TPSA) is 52.1 Å². The van der Waals surface area contributed by atoms with Gasteiger partial charge in [-0.05, 0) is 31.0 Å². The molecule has 1 aromatic heterocycles. The molecule has 0 aliphatic carbocycles. The van der Waals surface area contributed by atoms with Gasteiger partial charge in [0.15, 0.2) is 0 Å². The molecule has 1 aliphatic heterocycles. The zero-order valence-corrected chi connectivity index (χ0v) is 10.0. The van der Waals surface area contributed by atoms with Crippen molar-refractivity contribution in [2.75, 3.05) is 13.2 Å². The maximum absolute atomic E-state index is 10.7. The summed E-state index contributed by atoms with van der Waals surface area (Å²) in [6.45, 7) is 1.58. The van der Waals surface area contributed by atoms with Crippen LogP contribution in [-0.2, 0) is 4.74 Å². The molecule has 1 fully saturated rings. The van der Waals surface area contributed by atoms with Gasteiger partial charge in [0.25, 0.3) is 0 Å². The second-order valence-electron chi connectivity index (χ2n) is 4.55. The number of carbonyl (C=O) groups is 1. The molecule has 0 radical (unpaired) electrons. The number of nitrogens with zero attached hydrogens (tertiary/aromatic N) is 2. The van der Waals surface area contributed by atoms with Crippen molar-refractivity contribution in [2.45, 2.75) is 18.8 Å². The minimum atomic E-state index is 0.397. The van der Waals surface area contributed by atoms with Crippen LogP contribution < -0.4 is 0 Å². The zero-order valence-electron chi connectivity index (χ0n) is 10.0. The first kappa shape index (κ1) is 11.3. The van der Waals surface area contributed by atoms with E-state index >= 15 is 0 Å². The van der Waals surface area contributed by atoms with E-state index in [-0.39, 0.29) is 0 Å². The molecule has 3 rings (SSSR count). The van der Waals surface area contributed by atoms with Gasteiger partial charge in [0.2, 0.25) is 0 Å². The summed E-state index contributed by atoms with van der Waals surface area (Å²) in [7, 11) is 0. The minimum Gasteiger partial charge on any atom is -0.381 e. The van der Waals surface area contributed by atoms with Gasteiger partial charge in [-0.15, -0.1) is 0 Å².